The Morgan fingerprint density at radius 2 is 2.31 bits per heavy atom. The van der Waals surface area contributed by atoms with E-state index in [-0.39, 0.29) is 28.8 Å². The number of amides is 2. The predicted molar refractivity (Wildman–Crippen MR) is 119 cm³/mol. The summed E-state index contributed by atoms with van der Waals surface area (Å²) in [5.41, 5.74) is 6.02. The number of carboxylic acid groups (broad SMARTS) is 1. The summed E-state index contributed by atoms with van der Waals surface area (Å²) >= 11 is 2.47. The quantitative estimate of drug-likeness (QED) is 0.167. The van der Waals surface area contributed by atoms with E-state index in [2.05, 4.69) is 20.6 Å². The molecule has 0 saturated carbocycles. The molecule has 5 heterocycles. The molecule has 3 aliphatic heterocycles. The highest BCUT2D eigenvalue weighted by molar-refractivity contribution is 8.00. The van der Waals surface area contributed by atoms with Gasteiger partial charge in [-0.3, -0.25) is 14.5 Å². The van der Waals surface area contributed by atoms with Crippen molar-refractivity contribution < 1.29 is 33.6 Å². The van der Waals surface area contributed by atoms with Crippen LogP contribution in [0.15, 0.2) is 28.1 Å². The fraction of sp³-hybridized carbons (Fsp3) is 0.421. The van der Waals surface area contributed by atoms with Gasteiger partial charge in [0.2, 0.25) is 0 Å². The fourth-order valence-electron chi connectivity index (χ4n) is 4.10. The Morgan fingerprint density at radius 1 is 1.49 bits per heavy atom. The molecule has 5 rings (SSSR count). The molecule has 2 aromatic rings. The second-order valence-electron chi connectivity index (χ2n) is 7.74. The van der Waals surface area contributed by atoms with E-state index < -0.39 is 29.2 Å². The molecule has 14 nitrogen and oxygen atoms in total. The lowest BCUT2D eigenvalue weighted by Crippen LogP contribution is -2.71. The first-order valence-corrected chi connectivity index (χ1v) is 12.3. The van der Waals surface area contributed by atoms with Gasteiger partial charge in [-0.05, 0) is 5.57 Å². The maximum Gasteiger partial charge on any atom is 0.276 e. The number of oxime groups is 1. The number of aromatic nitrogens is 4. The zero-order valence-corrected chi connectivity index (χ0v) is 20.0. The monoisotopic (exact) mass is 520 g/mol. The Hall–Kier alpha value is -3.50. The molecule has 3 aliphatic rings. The SMILES string of the molecule is CO/N=C(\C(=O)N[C@@H]1C(=O)N2C(C(=O)[O-])=C(C[n+]3cnn4c3COCC4)CS[C@H]12)c1csc(N)n1. The van der Waals surface area contributed by atoms with E-state index in [1.165, 1.54) is 18.9 Å². The van der Waals surface area contributed by atoms with E-state index in [9.17, 15) is 19.5 Å². The van der Waals surface area contributed by atoms with Gasteiger partial charge < -0.3 is 30.5 Å². The van der Waals surface area contributed by atoms with Gasteiger partial charge in [-0.2, -0.15) is 0 Å². The number of carbonyl (C=O) groups excluding carboxylic acids is 3. The number of fused-ring (bicyclic) bond motifs is 2. The minimum absolute atomic E-state index is 0.145. The van der Waals surface area contributed by atoms with Crippen LogP contribution in [0.25, 0.3) is 0 Å². The van der Waals surface area contributed by atoms with Crippen LogP contribution >= 0.6 is 23.1 Å². The molecular formula is C19H20N8O6S2. The lowest BCUT2D eigenvalue weighted by molar-refractivity contribution is -0.699. The first-order chi connectivity index (χ1) is 16.9. The number of thiazole rings is 1. The predicted octanol–water partition coefficient (Wildman–Crippen LogP) is -2.81. The lowest BCUT2D eigenvalue weighted by atomic mass is 10.0. The van der Waals surface area contributed by atoms with Crippen LogP contribution in [-0.2, 0) is 43.7 Å². The van der Waals surface area contributed by atoms with E-state index in [4.69, 9.17) is 15.3 Å². The van der Waals surface area contributed by atoms with Crippen molar-refractivity contribution in [3.8, 4) is 0 Å². The molecule has 0 bridgehead atoms. The van der Waals surface area contributed by atoms with Crippen LogP contribution in [0, 0.1) is 0 Å². The molecule has 0 aromatic carbocycles. The zero-order chi connectivity index (χ0) is 24.7. The highest BCUT2D eigenvalue weighted by Crippen LogP contribution is 2.40. The van der Waals surface area contributed by atoms with Crippen LogP contribution < -0.4 is 20.7 Å². The van der Waals surface area contributed by atoms with Gasteiger partial charge in [-0.15, -0.1) is 27.8 Å². The molecule has 1 fully saturated rings. The maximum absolute atomic E-state index is 13.0. The first kappa shape index (κ1) is 23.3. The highest BCUT2D eigenvalue weighted by atomic mass is 32.2. The van der Waals surface area contributed by atoms with Crippen molar-refractivity contribution in [2.24, 2.45) is 5.16 Å². The summed E-state index contributed by atoms with van der Waals surface area (Å²) < 4.78 is 9.08. The van der Waals surface area contributed by atoms with Gasteiger partial charge >= 0.3 is 0 Å². The molecule has 35 heavy (non-hydrogen) atoms. The topological polar surface area (TPSA) is 181 Å². The van der Waals surface area contributed by atoms with Crippen LogP contribution in [0.1, 0.15) is 11.5 Å². The molecular weight excluding hydrogens is 500 g/mol. The fourth-order valence-corrected chi connectivity index (χ4v) is 5.98. The number of nitrogen functional groups attached to an aromatic ring is 1. The number of carboxylic acids is 1. The highest BCUT2D eigenvalue weighted by Gasteiger charge is 2.53. The number of anilines is 1. The molecule has 2 atom stereocenters. The van der Waals surface area contributed by atoms with Crippen molar-refractivity contribution in [3.63, 3.8) is 0 Å². The number of hydrogen-bond donors (Lipinski definition) is 2. The second kappa shape index (κ2) is 9.27. The van der Waals surface area contributed by atoms with Gasteiger partial charge in [0.1, 0.15) is 37.4 Å². The van der Waals surface area contributed by atoms with Crippen molar-refractivity contribution >= 4 is 51.7 Å². The average molecular weight is 521 g/mol. The molecule has 2 aromatic heterocycles. The van der Waals surface area contributed by atoms with Crippen LogP contribution in [0.2, 0.25) is 0 Å². The first-order valence-electron chi connectivity index (χ1n) is 10.4. The van der Waals surface area contributed by atoms with Gasteiger partial charge in [-0.1, -0.05) is 5.16 Å². The summed E-state index contributed by atoms with van der Waals surface area (Å²) in [6.45, 7) is 1.75. The molecule has 0 unspecified atom stereocenters. The van der Waals surface area contributed by atoms with Crippen molar-refractivity contribution in [3.05, 3.63) is 34.5 Å². The van der Waals surface area contributed by atoms with Gasteiger partial charge in [0.25, 0.3) is 24.0 Å². The molecule has 3 N–H and O–H groups in total. The molecule has 2 amide bonds. The Morgan fingerprint density at radius 3 is 3.03 bits per heavy atom. The van der Waals surface area contributed by atoms with E-state index >= 15 is 0 Å². The summed E-state index contributed by atoms with van der Waals surface area (Å²) in [5.74, 6) is -1.58. The number of carbonyl (C=O) groups is 3. The van der Waals surface area contributed by atoms with Gasteiger partial charge in [0, 0.05) is 16.2 Å². The molecule has 184 valence electrons. The van der Waals surface area contributed by atoms with E-state index in [1.807, 2.05) is 0 Å². The second-order valence-corrected chi connectivity index (χ2v) is 9.74. The van der Waals surface area contributed by atoms with Crippen LogP contribution in [0.4, 0.5) is 5.13 Å². The van der Waals surface area contributed by atoms with E-state index in [0.717, 1.165) is 22.1 Å². The Balaban J connectivity index is 1.35. The van der Waals surface area contributed by atoms with Crippen LogP contribution in [0.5, 0.6) is 0 Å². The third-order valence-corrected chi connectivity index (χ3v) is 7.70. The largest absolute Gasteiger partial charge is 0.543 e. The van der Waals surface area contributed by atoms with Gasteiger partial charge in [-0.25, -0.2) is 9.55 Å². The number of rotatable bonds is 7. The normalized spacial score (nSPS) is 21.8. The van der Waals surface area contributed by atoms with Crippen LogP contribution in [-0.4, -0.2) is 74.0 Å². The minimum Gasteiger partial charge on any atom is -0.543 e. The van der Waals surface area contributed by atoms with E-state index in [0.29, 0.717) is 31.1 Å². The average Bonchev–Trinajstić information content (AvgIpc) is 3.46. The van der Waals surface area contributed by atoms with Gasteiger partial charge in [0.05, 0.1) is 24.8 Å². The Bertz CT molecular complexity index is 1270. The Kier molecular flexibility index (Phi) is 6.16. The number of nitrogens with two attached hydrogens (primary N) is 1. The minimum atomic E-state index is -1.46. The molecule has 0 spiro atoms. The van der Waals surface area contributed by atoms with Crippen molar-refractivity contribution in [1.82, 2.24) is 25.0 Å². The van der Waals surface area contributed by atoms with Crippen LogP contribution in [0.3, 0.4) is 0 Å². The van der Waals surface area contributed by atoms with Crippen molar-refractivity contribution in [2.45, 2.75) is 31.1 Å². The summed E-state index contributed by atoms with van der Waals surface area (Å²) in [6.07, 6.45) is 1.61. The van der Waals surface area contributed by atoms with Crippen molar-refractivity contribution in [1.29, 1.82) is 0 Å². The molecule has 1 saturated heterocycles. The summed E-state index contributed by atoms with van der Waals surface area (Å²) in [7, 11) is 1.27. The summed E-state index contributed by atoms with van der Waals surface area (Å²) in [6, 6.07) is -0.952. The number of nitrogens with one attached hydrogen (secondary N) is 1. The molecule has 0 radical (unpaired) electrons. The maximum atomic E-state index is 13.0. The number of nitrogens with zero attached hydrogens (tertiary/aromatic N) is 6. The Labute approximate surface area is 206 Å². The third-order valence-electron chi connectivity index (χ3n) is 5.69. The summed E-state index contributed by atoms with van der Waals surface area (Å²) in [5, 5.41) is 23.9. The smallest absolute Gasteiger partial charge is 0.276 e. The van der Waals surface area contributed by atoms with Crippen molar-refractivity contribution in [2.75, 3.05) is 25.2 Å². The number of thioether (sulfide) groups is 1. The van der Waals surface area contributed by atoms with Gasteiger partial charge in [0.15, 0.2) is 10.8 Å². The molecule has 16 heteroatoms. The number of aliphatic carboxylic acids is 1. The third kappa shape index (κ3) is 4.12. The number of β-lactam (4-membered cyclic amide) rings is 1. The number of hydrogen-bond acceptors (Lipinski definition) is 12. The number of ether oxygens (including phenoxy) is 1. The lowest BCUT2D eigenvalue weighted by Gasteiger charge is -2.50. The zero-order valence-electron chi connectivity index (χ0n) is 18.4. The standard InChI is InChI=1S/C19H20N8O6S2/c1-32-24-12(10-7-35-19(20)22-10)15(28)23-13-16(29)27-14(18(30)31)9(6-34-17(13)27)4-25-8-21-26-2-3-33-5-11(25)26/h7-8,13,17H,2-6H2,1H3,(H3-,20,22,23,28,30,31)/b24-12-/t13-,17-/m1/s1. The summed E-state index contributed by atoms with van der Waals surface area (Å²) in [4.78, 5) is 47.8. The molecule has 0 aliphatic carbocycles. The van der Waals surface area contributed by atoms with E-state index in [1.54, 1.807) is 21.0 Å².